The fourth-order valence-corrected chi connectivity index (χ4v) is 3.52. The van der Waals surface area contributed by atoms with Gasteiger partial charge in [-0.3, -0.25) is 13.8 Å². The maximum Gasteiger partial charge on any atom is 0.210 e. The first-order valence-corrected chi connectivity index (χ1v) is 7.75. The standard InChI is InChI=1S/C15H17NO3S/c1-4-9(2)20(19)15-12(16-3)13(17)10-7-5-6-8-11(10)14(15)18/h5-9,16H,4H2,1-3H3. The van der Waals surface area contributed by atoms with Crippen molar-refractivity contribution in [3.63, 3.8) is 0 Å². The molecule has 20 heavy (non-hydrogen) atoms. The molecule has 106 valence electrons. The first-order chi connectivity index (χ1) is 9.52. The zero-order chi connectivity index (χ0) is 14.9. The molecule has 1 N–H and O–H groups in total. The lowest BCUT2D eigenvalue weighted by Gasteiger charge is -2.21. The van der Waals surface area contributed by atoms with Gasteiger partial charge in [-0.25, -0.2) is 0 Å². The molecule has 0 radical (unpaired) electrons. The number of benzene rings is 1. The minimum absolute atomic E-state index is 0.102. The Labute approximate surface area is 120 Å². The van der Waals surface area contributed by atoms with Gasteiger partial charge in [0, 0.05) is 23.4 Å². The third-order valence-corrected chi connectivity index (χ3v) is 5.32. The minimum Gasteiger partial charge on any atom is -0.384 e. The minimum atomic E-state index is -1.49. The second kappa shape index (κ2) is 5.71. The van der Waals surface area contributed by atoms with E-state index < -0.39 is 10.8 Å². The van der Waals surface area contributed by atoms with Crippen LogP contribution in [0.1, 0.15) is 41.0 Å². The SMILES string of the molecule is CCC(C)S(=O)C1=C(NC)C(=O)c2ccccc2C1=O. The lowest BCUT2D eigenvalue weighted by Crippen LogP contribution is -2.32. The summed E-state index contributed by atoms with van der Waals surface area (Å²) in [6.07, 6.45) is 0.677. The Morgan fingerprint density at radius 3 is 2.20 bits per heavy atom. The van der Waals surface area contributed by atoms with Crippen LogP contribution < -0.4 is 5.32 Å². The van der Waals surface area contributed by atoms with Gasteiger partial charge in [-0.15, -0.1) is 0 Å². The van der Waals surface area contributed by atoms with Gasteiger partial charge in [0.05, 0.1) is 10.8 Å². The molecule has 0 heterocycles. The van der Waals surface area contributed by atoms with Crippen LogP contribution in [0.15, 0.2) is 34.9 Å². The number of carbonyl (C=O) groups excluding carboxylic acids is 2. The zero-order valence-corrected chi connectivity index (χ0v) is 12.5. The lowest BCUT2D eigenvalue weighted by atomic mass is 9.92. The van der Waals surface area contributed by atoms with Crippen LogP contribution in [0.4, 0.5) is 0 Å². The van der Waals surface area contributed by atoms with E-state index in [2.05, 4.69) is 5.32 Å². The Hall–Kier alpha value is -1.75. The fraction of sp³-hybridized carbons (Fsp3) is 0.333. The second-order valence-electron chi connectivity index (χ2n) is 4.67. The number of nitrogens with one attached hydrogen (secondary N) is 1. The van der Waals surface area contributed by atoms with Crippen molar-refractivity contribution in [2.45, 2.75) is 25.5 Å². The number of rotatable bonds is 4. The molecule has 1 aliphatic carbocycles. The van der Waals surface area contributed by atoms with Gasteiger partial charge in [0.1, 0.15) is 10.6 Å². The van der Waals surface area contributed by atoms with Gasteiger partial charge in [0.15, 0.2) is 0 Å². The van der Waals surface area contributed by atoms with Crippen molar-refractivity contribution in [3.05, 3.63) is 46.0 Å². The van der Waals surface area contributed by atoms with Gasteiger partial charge in [-0.2, -0.15) is 0 Å². The Morgan fingerprint density at radius 2 is 1.70 bits per heavy atom. The molecule has 0 amide bonds. The van der Waals surface area contributed by atoms with E-state index in [9.17, 15) is 13.8 Å². The zero-order valence-electron chi connectivity index (χ0n) is 11.7. The molecule has 0 saturated heterocycles. The van der Waals surface area contributed by atoms with Crippen molar-refractivity contribution in [3.8, 4) is 0 Å². The van der Waals surface area contributed by atoms with E-state index in [1.165, 1.54) is 0 Å². The molecule has 0 saturated carbocycles. The van der Waals surface area contributed by atoms with Crippen molar-refractivity contribution >= 4 is 22.4 Å². The van der Waals surface area contributed by atoms with Crippen molar-refractivity contribution in [2.24, 2.45) is 0 Å². The van der Waals surface area contributed by atoms with Crippen LogP contribution in [0.3, 0.4) is 0 Å². The predicted octanol–water partition coefficient (Wildman–Crippen LogP) is 2.04. The lowest BCUT2D eigenvalue weighted by molar-refractivity contribution is 0.0976. The Morgan fingerprint density at radius 1 is 1.15 bits per heavy atom. The summed E-state index contributed by atoms with van der Waals surface area (Å²) in [7, 11) is 0.0792. The van der Waals surface area contributed by atoms with Gasteiger partial charge >= 0.3 is 0 Å². The maximum atomic E-state index is 12.6. The molecule has 1 aromatic rings. The molecule has 5 heteroatoms. The Bertz CT molecular complexity index is 634. The number of ketones is 2. The monoisotopic (exact) mass is 291 g/mol. The normalized spacial score (nSPS) is 17.8. The van der Waals surface area contributed by atoms with Crippen LogP contribution in [0.2, 0.25) is 0 Å². The third kappa shape index (κ3) is 2.22. The first-order valence-electron chi connectivity index (χ1n) is 6.53. The number of hydrogen-bond acceptors (Lipinski definition) is 4. The van der Waals surface area contributed by atoms with Crippen LogP contribution >= 0.6 is 0 Å². The van der Waals surface area contributed by atoms with Gasteiger partial charge in [0.25, 0.3) is 0 Å². The van der Waals surface area contributed by atoms with Crippen LogP contribution in [0, 0.1) is 0 Å². The first kappa shape index (κ1) is 14.7. The van der Waals surface area contributed by atoms with Crippen LogP contribution in [-0.4, -0.2) is 28.1 Å². The summed E-state index contributed by atoms with van der Waals surface area (Å²) in [6, 6.07) is 6.65. The molecule has 0 aliphatic heterocycles. The fourth-order valence-electron chi connectivity index (χ4n) is 2.12. The quantitative estimate of drug-likeness (QED) is 0.922. The summed E-state index contributed by atoms with van der Waals surface area (Å²) >= 11 is 0. The van der Waals surface area contributed by atoms with Crippen molar-refractivity contribution in [1.82, 2.24) is 5.32 Å². The Kier molecular flexibility index (Phi) is 4.18. The molecule has 0 aromatic heterocycles. The molecule has 0 fully saturated rings. The highest BCUT2D eigenvalue weighted by Crippen LogP contribution is 2.28. The van der Waals surface area contributed by atoms with E-state index in [-0.39, 0.29) is 27.4 Å². The highest BCUT2D eigenvalue weighted by atomic mass is 32.2. The number of Topliss-reactive ketones (excluding diaryl/α,β-unsaturated/α-hetero) is 2. The van der Waals surface area contributed by atoms with Crippen LogP contribution in [-0.2, 0) is 10.8 Å². The number of hydrogen-bond donors (Lipinski definition) is 1. The van der Waals surface area contributed by atoms with Gasteiger partial charge in [0.2, 0.25) is 11.6 Å². The Balaban J connectivity index is 2.62. The van der Waals surface area contributed by atoms with Gasteiger partial charge < -0.3 is 5.32 Å². The highest BCUT2D eigenvalue weighted by Gasteiger charge is 2.35. The van der Waals surface area contributed by atoms with E-state index >= 15 is 0 Å². The summed E-state index contributed by atoms with van der Waals surface area (Å²) in [5.74, 6) is -0.586. The summed E-state index contributed by atoms with van der Waals surface area (Å²) in [4.78, 5) is 25.1. The van der Waals surface area contributed by atoms with Gasteiger partial charge in [-0.05, 0) is 6.42 Å². The van der Waals surface area contributed by atoms with E-state index in [0.29, 0.717) is 17.5 Å². The van der Waals surface area contributed by atoms with E-state index in [1.54, 1.807) is 31.3 Å². The van der Waals surface area contributed by atoms with E-state index in [0.717, 1.165) is 0 Å². The average molecular weight is 291 g/mol. The highest BCUT2D eigenvalue weighted by molar-refractivity contribution is 7.90. The summed E-state index contributed by atoms with van der Waals surface area (Å²) in [5, 5.41) is 2.58. The summed E-state index contributed by atoms with van der Waals surface area (Å²) in [6.45, 7) is 3.72. The summed E-state index contributed by atoms with van der Waals surface area (Å²) in [5.41, 5.74) is 0.863. The van der Waals surface area contributed by atoms with Crippen molar-refractivity contribution in [1.29, 1.82) is 0 Å². The molecule has 0 bridgehead atoms. The molecule has 1 aromatic carbocycles. The third-order valence-electron chi connectivity index (χ3n) is 3.47. The molecule has 2 unspecified atom stereocenters. The molecule has 1 aliphatic rings. The van der Waals surface area contributed by atoms with E-state index in [1.807, 2.05) is 13.8 Å². The van der Waals surface area contributed by atoms with Crippen LogP contribution in [0.25, 0.3) is 0 Å². The largest absolute Gasteiger partial charge is 0.384 e. The molecule has 2 atom stereocenters. The number of fused-ring (bicyclic) bond motifs is 1. The van der Waals surface area contributed by atoms with Crippen molar-refractivity contribution < 1.29 is 13.8 Å². The number of allylic oxidation sites excluding steroid dienone is 2. The summed E-state index contributed by atoms with van der Waals surface area (Å²) < 4.78 is 12.5. The smallest absolute Gasteiger partial charge is 0.210 e. The second-order valence-corrected chi connectivity index (χ2v) is 6.48. The number of likely N-dealkylation sites (N-methyl/N-ethyl adjacent to an activating group) is 1. The molecule has 4 nitrogen and oxygen atoms in total. The topological polar surface area (TPSA) is 63.2 Å². The molecular weight excluding hydrogens is 274 g/mol. The maximum absolute atomic E-state index is 12.6. The number of carbonyl (C=O) groups is 2. The predicted molar refractivity (Wildman–Crippen MR) is 79.1 cm³/mol. The van der Waals surface area contributed by atoms with Crippen LogP contribution in [0.5, 0.6) is 0 Å². The molecule has 0 spiro atoms. The molecule has 2 rings (SSSR count). The van der Waals surface area contributed by atoms with Crippen molar-refractivity contribution in [2.75, 3.05) is 7.05 Å². The average Bonchev–Trinajstić information content (AvgIpc) is 2.49. The van der Waals surface area contributed by atoms with Gasteiger partial charge in [-0.1, -0.05) is 38.1 Å². The van der Waals surface area contributed by atoms with E-state index in [4.69, 9.17) is 0 Å². The molecular formula is C15H17NO3S.